The number of hydrogen-bond acceptors (Lipinski definition) is 6. The van der Waals surface area contributed by atoms with Crippen molar-refractivity contribution in [1.82, 2.24) is 9.71 Å². The molecule has 1 fully saturated rings. The predicted octanol–water partition coefficient (Wildman–Crippen LogP) is 1.61. The topological polar surface area (TPSA) is 98.5 Å². The van der Waals surface area contributed by atoms with Crippen LogP contribution in [0.1, 0.15) is 40.7 Å². The molecule has 0 saturated heterocycles. The number of rotatable bonds is 4. The lowest BCUT2D eigenvalue weighted by atomic mass is 10.2. The molecule has 23 heavy (non-hydrogen) atoms. The Morgan fingerprint density at radius 2 is 2.13 bits per heavy atom. The first kappa shape index (κ1) is 14.3. The molecule has 4 rings (SSSR count). The van der Waals surface area contributed by atoms with Gasteiger partial charge >= 0.3 is 0 Å². The largest absolute Gasteiger partial charge is 0.493 e. The van der Waals surface area contributed by atoms with E-state index in [1.807, 2.05) is 4.72 Å². The van der Waals surface area contributed by atoms with Crippen molar-refractivity contribution >= 4 is 15.9 Å². The Hall–Kier alpha value is -2.35. The number of carbonyl (C=O) groups excluding carboxylic acids is 1. The minimum atomic E-state index is -3.96. The van der Waals surface area contributed by atoms with Gasteiger partial charge in [0.15, 0.2) is 11.6 Å². The van der Waals surface area contributed by atoms with E-state index in [9.17, 15) is 13.2 Å². The molecule has 1 N–H and O–H groups in total. The second-order valence-electron chi connectivity index (χ2n) is 5.65. The molecule has 0 bridgehead atoms. The van der Waals surface area contributed by atoms with Crippen molar-refractivity contribution in [1.29, 1.82) is 0 Å². The molecule has 1 amide bonds. The van der Waals surface area contributed by atoms with Gasteiger partial charge in [0.1, 0.15) is 12.0 Å². The van der Waals surface area contributed by atoms with Gasteiger partial charge in [-0.05, 0) is 36.6 Å². The fraction of sp³-hybridized carbons (Fsp3) is 0.333. The normalized spacial score (nSPS) is 16.7. The van der Waals surface area contributed by atoms with Crippen LogP contribution in [0.2, 0.25) is 0 Å². The molecule has 1 aliphatic carbocycles. The molecule has 2 aromatic rings. The molecule has 8 heteroatoms. The summed E-state index contributed by atoms with van der Waals surface area (Å²) in [4.78, 5) is 16.2. The number of sulfonamides is 1. The summed E-state index contributed by atoms with van der Waals surface area (Å²) in [5.41, 5.74) is 0.790. The highest BCUT2D eigenvalue weighted by Crippen LogP contribution is 2.39. The third kappa shape index (κ3) is 2.70. The van der Waals surface area contributed by atoms with Crippen LogP contribution in [-0.2, 0) is 16.4 Å². The van der Waals surface area contributed by atoms with Crippen molar-refractivity contribution in [2.75, 3.05) is 6.61 Å². The maximum Gasteiger partial charge on any atom is 0.286 e. The summed E-state index contributed by atoms with van der Waals surface area (Å²) in [5.74, 6) is 0.630. The zero-order valence-electron chi connectivity index (χ0n) is 12.1. The van der Waals surface area contributed by atoms with E-state index in [0.717, 1.165) is 18.4 Å². The van der Waals surface area contributed by atoms with Crippen molar-refractivity contribution in [3.8, 4) is 5.75 Å². The lowest BCUT2D eigenvalue weighted by Gasteiger charge is -2.06. The molecule has 0 unspecified atom stereocenters. The van der Waals surface area contributed by atoms with E-state index < -0.39 is 15.9 Å². The Labute approximate surface area is 132 Å². The summed E-state index contributed by atoms with van der Waals surface area (Å²) in [6, 6.07) is 4.54. The Bertz CT molecular complexity index is 883. The molecule has 1 aliphatic heterocycles. The van der Waals surface area contributed by atoms with E-state index in [2.05, 4.69) is 4.98 Å². The first-order valence-corrected chi connectivity index (χ1v) is 8.79. The number of ether oxygens (including phenoxy) is 1. The number of benzene rings is 1. The Kier molecular flexibility index (Phi) is 3.15. The maximum absolute atomic E-state index is 12.3. The molecule has 1 aromatic heterocycles. The van der Waals surface area contributed by atoms with Crippen LogP contribution in [0.4, 0.5) is 0 Å². The van der Waals surface area contributed by atoms with Crippen LogP contribution in [0, 0.1) is 0 Å². The lowest BCUT2D eigenvalue weighted by Crippen LogP contribution is -2.30. The van der Waals surface area contributed by atoms with Crippen LogP contribution >= 0.6 is 0 Å². The summed E-state index contributed by atoms with van der Waals surface area (Å²) in [6.45, 7) is 0.536. The molecule has 0 atom stereocenters. The minimum Gasteiger partial charge on any atom is -0.493 e. The Morgan fingerprint density at radius 1 is 1.30 bits per heavy atom. The Morgan fingerprint density at radius 3 is 2.91 bits per heavy atom. The highest BCUT2D eigenvalue weighted by Gasteiger charge is 2.30. The van der Waals surface area contributed by atoms with Crippen LogP contribution in [0.25, 0.3) is 0 Å². The second kappa shape index (κ2) is 5.09. The number of aromatic nitrogens is 1. The number of fused-ring (bicyclic) bond motifs is 1. The van der Waals surface area contributed by atoms with Crippen molar-refractivity contribution in [2.45, 2.75) is 30.1 Å². The zero-order chi connectivity index (χ0) is 16.0. The molecule has 1 aromatic carbocycles. The summed E-state index contributed by atoms with van der Waals surface area (Å²) in [5, 5.41) is 0. The van der Waals surface area contributed by atoms with Crippen molar-refractivity contribution in [3.05, 3.63) is 41.6 Å². The highest BCUT2D eigenvalue weighted by atomic mass is 32.2. The summed E-state index contributed by atoms with van der Waals surface area (Å²) in [7, 11) is -3.96. The van der Waals surface area contributed by atoms with E-state index >= 15 is 0 Å². The number of oxazole rings is 1. The van der Waals surface area contributed by atoms with Gasteiger partial charge in [-0.1, -0.05) is 0 Å². The van der Waals surface area contributed by atoms with Crippen molar-refractivity contribution in [3.63, 3.8) is 0 Å². The van der Waals surface area contributed by atoms with Gasteiger partial charge in [-0.3, -0.25) is 4.79 Å². The molecule has 120 valence electrons. The summed E-state index contributed by atoms with van der Waals surface area (Å²) < 4.78 is 37.2. The number of nitrogens with zero attached hydrogens (tertiary/aromatic N) is 1. The Balaban J connectivity index is 1.55. The second-order valence-corrected chi connectivity index (χ2v) is 7.33. The molecular formula is C15H14N2O5S. The van der Waals surface area contributed by atoms with E-state index in [4.69, 9.17) is 9.15 Å². The third-order valence-electron chi connectivity index (χ3n) is 3.88. The van der Waals surface area contributed by atoms with Crippen LogP contribution in [-0.4, -0.2) is 25.9 Å². The number of hydrogen-bond donors (Lipinski definition) is 1. The standard InChI is InChI=1S/C15H14N2O5S/c18-14(12-8-22-15(16-12)9-1-2-9)17-23(19,20)11-3-4-13-10(7-11)5-6-21-13/h3-4,7-9H,1-2,5-6H2,(H,17,18). The maximum atomic E-state index is 12.3. The first-order valence-electron chi connectivity index (χ1n) is 7.31. The van der Waals surface area contributed by atoms with Gasteiger partial charge in [-0.25, -0.2) is 18.1 Å². The highest BCUT2D eigenvalue weighted by molar-refractivity contribution is 7.90. The first-order chi connectivity index (χ1) is 11.0. The van der Waals surface area contributed by atoms with Gasteiger partial charge in [0, 0.05) is 12.3 Å². The van der Waals surface area contributed by atoms with Gasteiger partial charge in [0.05, 0.1) is 11.5 Å². The summed E-state index contributed by atoms with van der Waals surface area (Å²) in [6.07, 6.45) is 3.81. The van der Waals surface area contributed by atoms with Crippen LogP contribution < -0.4 is 9.46 Å². The van der Waals surface area contributed by atoms with Gasteiger partial charge < -0.3 is 9.15 Å². The number of carbonyl (C=O) groups is 1. The van der Waals surface area contributed by atoms with E-state index in [1.165, 1.54) is 18.4 Å². The quantitative estimate of drug-likeness (QED) is 0.912. The lowest BCUT2D eigenvalue weighted by molar-refractivity contribution is 0.0976. The monoisotopic (exact) mass is 334 g/mol. The average molecular weight is 334 g/mol. The zero-order valence-corrected chi connectivity index (χ0v) is 12.9. The van der Waals surface area contributed by atoms with E-state index in [-0.39, 0.29) is 16.5 Å². The van der Waals surface area contributed by atoms with Crippen molar-refractivity contribution in [2.24, 2.45) is 0 Å². The van der Waals surface area contributed by atoms with Gasteiger partial charge in [-0.15, -0.1) is 0 Å². The minimum absolute atomic E-state index is 0.0278. The van der Waals surface area contributed by atoms with Crippen LogP contribution in [0.5, 0.6) is 5.75 Å². The molecular weight excluding hydrogens is 320 g/mol. The molecule has 2 heterocycles. The molecule has 7 nitrogen and oxygen atoms in total. The van der Waals surface area contributed by atoms with Crippen LogP contribution in [0.3, 0.4) is 0 Å². The van der Waals surface area contributed by atoms with Crippen LogP contribution in [0.15, 0.2) is 33.8 Å². The smallest absolute Gasteiger partial charge is 0.286 e. The fourth-order valence-corrected chi connectivity index (χ4v) is 3.48. The van der Waals surface area contributed by atoms with E-state index in [0.29, 0.717) is 24.7 Å². The van der Waals surface area contributed by atoms with E-state index in [1.54, 1.807) is 6.07 Å². The summed E-state index contributed by atoms with van der Waals surface area (Å²) >= 11 is 0. The SMILES string of the molecule is O=C(NS(=O)(=O)c1ccc2c(c1)CCO2)c1coc(C2CC2)n1. The molecule has 0 spiro atoms. The predicted molar refractivity (Wildman–Crippen MR) is 78.8 cm³/mol. The molecule has 0 radical (unpaired) electrons. The van der Waals surface area contributed by atoms with Crippen molar-refractivity contribution < 1.29 is 22.4 Å². The molecule has 1 saturated carbocycles. The third-order valence-corrected chi connectivity index (χ3v) is 5.21. The van der Waals surface area contributed by atoms with Gasteiger partial charge in [-0.2, -0.15) is 0 Å². The number of nitrogens with one attached hydrogen (secondary N) is 1. The molecule has 2 aliphatic rings. The average Bonchev–Trinajstić information content (AvgIpc) is 3.07. The number of amides is 1. The van der Waals surface area contributed by atoms with Gasteiger partial charge in [0.2, 0.25) is 0 Å². The van der Waals surface area contributed by atoms with Gasteiger partial charge in [0.25, 0.3) is 15.9 Å². The fourth-order valence-electron chi connectivity index (χ4n) is 2.47.